The minimum absolute atomic E-state index is 0.0893. The number of anilines is 2. The minimum Gasteiger partial charge on any atom is -0.492 e. The van der Waals surface area contributed by atoms with E-state index < -0.39 is 0 Å². The quantitative estimate of drug-likeness (QED) is 0.734. The highest BCUT2D eigenvalue weighted by Crippen LogP contribution is 2.36. The van der Waals surface area contributed by atoms with Crippen LogP contribution in [0.4, 0.5) is 11.4 Å². The van der Waals surface area contributed by atoms with Crippen LogP contribution in [0.1, 0.15) is 26.3 Å². The van der Waals surface area contributed by atoms with E-state index in [1.165, 1.54) is 5.56 Å². The molecule has 0 atom stereocenters. The zero-order valence-corrected chi connectivity index (χ0v) is 10.1. The Labute approximate surface area is 91.6 Å². The van der Waals surface area contributed by atoms with E-state index in [9.17, 15) is 0 Å². The molecule has 0 bridgehead atoms. The Morgan fingerprint density at radius 2 is 1.87 bits per heavy atom. The Balaban J connectivity index is 3.32. The van der Waals surface area contributed by atoms with Gasteiger partial charge in [0.25, 0.3) is 0 Å². The lowest BCUT2D eigenvalue weighted by molar-refractivity contribution is 0.418. The van der Waals surface area contributed by atoms with Gasteiger partial charge in [0.2, 0.25) is 0 Å². The lowest BCUT2D eigenvalue weighted by atomic mass is 9.86. The van der Waals surface area contributed by atoms with E-state index >= 15 is 0 Å². The first kappa shape index (κ1) is 11.7. The Kier molecular flexibility index (Phi) is 3.12. The number of rotatable bonds is 2. The molecule has 3 heteroatoms. The van der Waals surface area contributed by atoms with E-state index in [2.05, 4.69) is 32.2 Å². The normalized spacial score (nSPS) is 11.3. The molecule has 1 aromatic rings. The summed E-state index contributed by atoms with van der Waals surface area (Å²) in [5.41, 5.74) is 8.84. The van der Waals surface area contributed by atoms with Crippen LogP contribution in [-0.4, -0.2) is 14.2 Å². The molecule has 0 heterocycles. The summed E-state index contributed by atoms with van der Waals surface area (Å²) in [6, 6.07) is 4.05. The minimum atomic E-state index is 0.0893. The lowest BCUT2D eigenvalue weighted by Crippen LogP contribution is -2.12. The van der Waals surface area contributed by atoms with Crippen LogP contribution < -0.4 is 15.8 Å². The highest BCUT2D eigenvalue weighted by atomic mass is 16.5. The second-order valence-corrected chi connectivity index (χ2v) is 4.65. The fraction of sp³-hybridized carbons (Fsp3) is 0.500. The lowest BCUT2D eigenvalue weighted by Gasteiger charge is -2.22. The van der Waals surface area contributed by atoms with Crippen LogP contribution in [0.25, 0.3) is 0 Å². The van der Waals surface area contributed by atoms with E-state index in [1.54, 1.807) is 7.11 Å². The second-order valence-electron chi connectivity index (χ2n) is 4.65. The van der Waals surface area contributed by atoms with Gasteiger partial charge in [0, 0.05) is 7.05 Å². The third-order valence-corrected chi connectivity index (χ3v) is 2.46. The van der Waals surface area contributed by atoms with Crippen molar-refractivity contribution in [3.05, 3.63) is 17.7 Å². The third kappa shape index (κ3) is 2.35. The van der Waals surface area contributed by atoms with Crippen LogP contribution in [0.15, 0.2) is 12.1 Å². The van der Waals surface area contributed by atoms with Crippen molar-refractivity contribution in [3.8, 4) is 5.75 Å². The van der Waals surface area contributed by atoms with Crippen molar-refractivity contribution in [2.24, 2.45) is 0 Å². The number of ether oxygens (including phenoxy) is 1. The van der Waals surface area contributed by atoms with Crippen molar-refractivity contribution in [3.63, 3.8) is 0 Å². The number of nitrogen functional groups attached to an aromatic ring is 1. The summed E-state index contributed by atoms with van der Waals surface area (Å²) in [5.74, 6) is 0.713. The number of methoxy groups -OCH3 is 1. The zero-order valence-electron chi connectivity index (χ0n) is 10.1. The summed E-state index contributed by atoms with van der Waals surface area (Å²) >= 11 is 0. The van der Waals surface area contributed by atoms with Gasteiger partial charge in [-0.25, -0.2) is 0 Å². The van der Waals surface area contributed by atoms with Crippen molar-refractivity contribution in [2.45, 2.75) is 26.2 Å². The van der Waals surface area contributed by atoms with E-state index in [4.69, 9.17) is 10.5 Å². The smallest absolute Gasteiger partial charge is 0.164 e. The largest absolute Gasteiger partial charge is 0.492 e. The molecular weight excluding hydrogens is 188 g/mol. The molecule has 0 aliphatic carbocycles. The summed E-state index contributed by atoms with van der Waals surface area (Å²) in [6.07, 6.45) is 0. The fourth-order valence-corrected chi connectivity index (χ4v) is 1.50. The number of hydrogen-bond donors (Lipinski definition) is 2. The van der Waals surface area contributed by atoms with Crippen LogP contribution in [0, 0.1) is 0 Å². The summed E-state index contributed by atoms with van der Waals surface area (Å²) < 4.78 is 5.25. The monoisotopic (exact) mass is 208 g/mol. The van der Waals surface area contributed by atoms with Crippen LogP contribution >= 0.6 is 0 Å². The van der Waals surface area contributed by atoms with Crippen LogP contribution in [-0.2, 0) is 5.41 Å². The molecule has 0 saturated heterocycles. The van der Waals surface area contributed by atoms with Crippen LogP contribution in [0.2, 0.25) is 0 Å². The molecule has 1 rings (SSSR count). The van der Waals surface area contributed by atoms with Gasteiger partial charge in [0.05, 0.1) is 18.5 Å². The van der Waals surface area contributed by atoms with Crippen molar-refractivity contribution in [1.82, 2.24) is 0 Å². The topological polar surface area (TPSA) is 47.3 Å². The first-order valence-corrected chi connectivity index (χ1v) is 5.06. The number of hydrogen-bond acceptors (Lipinski definition) is 3. The molecule has 1 aromatic carbocycles. The maximum Gasteiger partial charge on any atom is 0.164 e. The molecule has 3 N–H and O–H groups in total. The highest BCUT2D eigenvalue weighted by Gasteiger charge is 2.17. The number of benzene rings is 1. The third-order valence-electron chi connectivity index (χ3n) is 2.46. The molecule has 0 unspecified atom stereocenters. The van der Waals surface area contributed by atoms with Crippen molar-refractivity contribution in [2.75, 3.05) is 25.2 Å². The molecule has 3 nitrogen and oxygen atoms in total. The molecule has 15 heavy (non-hydrogen) atoms. The van der Waals surface area contributed by atoms with Gasteiger partial charge in [-0.15, -0.1) is 0 Å². The molecule has 0 aliphatic rings. The fourth-order valence-electron chi connectivity index (χ4n) is 1.50. The van der Waals surface area contributed by atoms with E-state index in [-0.39, 0.29) is 5.41 Å². The second kappa shape index (κ2) is 4.01. The molecule has 0 aliphatic heterocycles. The van der Waals surface area contributed by atoms with Gasteiger partial charge in [-0.3, -0.25) is 0 Å². The molecule has 0 radical (unpaired) electrons. The van der Waals surface area contributed by atoms with Gasteiger partial charge in [-0.1, -0.05) is 20.8 Å². The number of nitrogens with two attached hydrogens (primary N) is 1. The van der Waals surface area contributed by atoms with Gasteiger partial charge < -0.3 is 15.8 Å². The average molecular weight is 208 g/mol. The van der Waals surface area contributed by atoms with Gasteiger partial charge in [-0.2, -0.15) is 0 Å². The molecule has 0 saturated carbocycles. The molecular formula is C12H20N2O. The highest BCUT2D eigenvalue weighted by molar-refractivity contribution is 5.71. The van der Waals surface area contributed by atoms with Gasteiger partial charge in [-0.05, 0) is 23.1 Å². The number of nitrogens with one attached hydrogen (secondary N) is 1. The Morgan fingerprint density at radius 1 is 1.27 bits per heavy atom. The summed E-state index contributed by atoms with van der Waals surface area (Å²) in [5, 5.41) is 3.09. The first-order chi connectivity index (χ1) is 6.90. The van der Waals surface area contributed by atoms with Crippen molar-refractivity contribution in [1.29, 1.82) is 0 Å². The standard InChI is InChI=1S/C12H20N2O/c1-12(2,3)8-6-9(13)11(15-5)10(7-8)14-4/h6-7,14H,13H2,1-5H3. The molecule has 0 amide bonds. The summed E-state index contributed by atoms with van der Waals surface area (Å²) in [4.78, 5) is 0. The van der Waals surface area contributed by atoms with E-state index in [0.29, 0.717) is 11.4 Å². The summed E-state index contributed by atoms with van der Waals surface area (Å²) in [6.45, 7) is 6.48. The predicted octanol–water partition coefficient (Wildman–Crippen LogP) is 2.62. The first-order valence-electron chi connectivity index (χ1n) is 5.06. The van der Waals surface area contributed by atoms with Crippen LogP contribution in [0.3, 0.4) is 0 Å². The van der Waals surface area contributed by atoms with E-state index in [1.807, 2.05) is 13.1 Å². The maximum atomic E-state index is 5.94. The molecule has 0 fully saturated rings. The molecule has 0 spiro atoms. The van der Waals surface area contributed by atoms with Crippen molar-refractivity contribution < 1.29 is 4.74 Å². The Hall–Kier alpha value is -1.38. The van der Waals surface area contributed by atoms with Gasteiger partial charge >= 0.3 is 0 Å². The molecule has 84 valence electrons. The average Bonchev–Trinajstić information content (AvgIpc) is 2.15. The maximum absolute atomic E-state index is 5.94. The van der Waals surface area contributed by atoms with Gasteiger partial charge in [0.15, 0.2) is 5.75 Å². The SMILES string of the molecule is CNc1cc(C(C)(C)C)cc(N)c1OC. The molecule has 0 aromatic heterocycles. The Bertz CT molecular complexity index is 353. The summed E-state index contributed by atoms with van der Waals surface area (Å²) in [7, 11) is 3.49. The van der Waals surface area contributed by atoms with E-state index in [0.717, 1.165) is 5.69 Å². The zero-order chi connectivity index (χ0) is 11.6. The van der Waals surface area contributed by atoms with Crippen LogP contribution in [0.5, 0.6) is 5.75 Å². The van der Waals surface area contributed by atoms with Gasteiger partial charge in [0.1, 0.15) is 0 Å². The predicted molar refractivity (Wildman–Crippen MR) is 65.7 cm³/mol. The van der Waals surface area contributed by atoms with Crippen molar-refractivity contribution >= 4 is 11.4 Å². The Morgan fingerprint density at radius 3 is 2.27 bits per heavy atom.